The highest BCUT2D eigenvalue weighted by Gasteiger charge is 2.20. The highest BCUT2D eigenvalue weighted by Crippen LogP contribution is 2.27. The largest absolute Gasteiger partial charge is 0.493 e. The second-order valence-corrected chi connectivity index (χ2v) is 5.05. The van der Waals surface area contributed by atoms with Gasteiger partial charge < -0.3 is 19.9 Å². The number of hydrogen-bond donors (Lipinski definition) is 2. The molecular formula is C16H27NO3. The van der Waals surface area contributed by atoms with Crippen molar-refractivity contribution in [2.24, 2.45) is 0 Å². The van der Waals surface area contributed by atoms with Gasteiger partial charge in [-0.25, -0.2) is 0 Å². The van der Waals surface area contributed by atoms with Gasteiger partial charge in [-0.2, -0.15) is 0 Å². The van der Waals surface area contributed by atoms with E-state index in [1.165, 1.54) is 5.56 Å². The monoisotopic (exact) mass is 281 g/mol. The Balaban J connectivity index is 2.46. The molecule has 0 amide bonds. The smallest absolute Gasteiger partial charge is 0.160 e. The zero-order chi connectivity index (χ0) is 15.0. The first-order valence-corrected chi connectivity index (χ1v) is 7.22. The van der Waals surface area contributed by atoms with Gasteiger partial charge in [-0.1, -0.05) is 19.9 Å². The van der Waals surface area contributed by atoms with Crippen LogP contribution in [0.25, 0.3) is 0 Å². The molecule has 0 atom stereocenters. The Morgan fingerprint density at radius 1 is 1.10 bits per heavy atom. The molecule has 0 bridgehead atoms. The summed E-state index contributed by atoms with van der Waals surface area (Å²) in [6, 6.07) is 5.95. The van der Waals surface area contributed by atoms with Crippen LogP contribution < -0.4 is 14.8 Å². The Hall–Kier alpha value is -1.26. The van der Waals surface area contributed by atoms with Crippen molar-refractivity contribution in [2.75, 3.05) is 27.3 Å². The predicted molar refractivity (Wildman–Crippen MR) is 81.7 cm³/mol. The molecule has 4 nitrogen and oxygen atoms in total. The zero-order valence-electron chi connectivity index (χ0n) is 13.0. The fraction of sp³-hybridized carbons (Fsp3) is 0.625. The molecule has 0 radical (unpaired) electrons. The van der Waals surface area contributed by atoms with Crippen molar-refractivity contribution in [1.82, 2.24) is 5.32 Å². The van der Waals surface area contributed by atoms with E-state index in [1.807, 2.05) is 32.0 Å². The highest BCUT2D eigenvalue weighted by molar-refractivity contribution is 5.42. The summed E-state index contributed by atoms with van der Waals surface area (Å²) >= 11 is 0. The van der Waals surface area contributed by atoms with E-state index in [1.54, 1.807) is 14.2 Å². The lowest BCUT2D eigenvalue weighted by atomic mass is 9.97. The maximum atomic E-state index is 10.2. The van der Waals surface area contributed by atoms with Crippen molar-refractivity contribution >= 4 is 0 Å². The molecule has 0 spiro atoms. The number of methoxy groups -OCH3 is 2. The number of aliphatic hydroxyl groups is 1. The Morgan fingerprint density at radius 3 is 2.30 bits per heavy atom. The van der Waals surface area contributed by atoms with Crippen LogP contribution in [0.4, 0.5) is 0 Å². The molecule has 0 aliphatic rings. The molecule has 1 aromatic carbocycles. The quantitative estimate of drug-likeness (QED) is 0.682. The van der Waals surface area contributed by atoms with E-state index in [-0.39, 0.29) is 0 Å². The van der Waals surface area contributed by atoms with Crippen LogP contribution >= 0.6 is 0 Å². The SMILES string of the molecule is CCC(O)(CC)CNCCc1ccc(OC)c(OC)c1. The third kappa shape index (κ3) is 4.69. The van der Waals surface area contributed by atoms with Crippen LogP contribution in [-0.4, -0.2) is 38.0 Å². The van der Waals surface area contributed by atoms with E-state index in [0.717, 1.165) is 37.3 Å². The van der Waals surface area contributed by atoms with E-state index in [9.17, 15) is 5.11 Å². The highest BCUT2D eigenvalue weighted by atomic mass is 16.5. The van der Waals surface area contributed by atoms with E-state index in [2.05, 4.69) is 5.32 Å². The van der Waals surface area contributed by atoms with E-state index < -0.39 is 5.60 Å². The predicted octanol–water partition coefficient (Wildman–Crippen LogP) is 2.39. The van der Waals surface area contributed by atoms with Crippen LogP contribution in [-0.2, 0) is 6.42 Å². The molecule has 114 valence electrons. The van der Waals surface area contributed by atoms with Crippen LogP contribution in [0, 0.1) is 0 Å². The Labute approximate surface area is 122 Å². The van der Waals surface area contributed by atoms with Crippen LogP contribution in [0.2, 0.25) is 0 Å². The minimum absolute atomic E-state index is 0.586. The summed E-state index contributed by atoms with van der Waals surface area (Å²) in [5, 5.41) is 13.5. The van der Waals surface area contributed by atoms with Crippen molar-refractivity contribution in [3.63, 3.8) is 0 Å². The van der Waals surface area contributed by atoms with Crippen molar-refractivity contribution in [3.05, 3.63) is 23.8 Å². The van der Waals surface area contributed by atoms with Gasteiger partial charge in [-0.05, 0) is 43.5 Å². The number of nitrogens with one attached hydrogen (secondary N) is 1. The molecule has 4 heteroatoms. The van der Waals surface area contributed by atoms with Crippen LogP contribution in [0.15, 0.2) is 18.2 Å². The molecule has 1 rings (SSSR count). The molecule has 0 saturated carbocycles. The third-order valence-electron chi connectivity index (χ3n) is 3.81. The molecule has 0 unspecified atom stereocenters. The third-order valence-corrected chi connectivity index (χ3v) is 3.81. The van der Waals surface area contributed by atoms with Gasteiger partial charge in [-0.15, -0.1) is 0 Å². The second-order valence-electron chi connectivity index (χ2n) is 5.05. The fourth-order valence-electron chi connectivity index (χ4n) is 2.09. The zero-order valence-corrected chi connectivity index (χ0v) is 13.0. The molecule has 2 N–H and O–H groups in total. The van der Waals surface area contributed by atoms with Gasteiger partial charge in [0.1, 0.15) is 0 Å². The number of benzene rings is 1. The summed E-state index contributed by atoms with van der Waals surface area (Å²) in [6.07, 6.45) is 2.43. The van der Waals surface area contributed by atoms with Crippen LogP contribution in [0.3, 0.4) is 0 Å². The van der Waals surface area contributed by atoms with Gasteiger partial charge in [0.05, 0.1) is 19.8 Å². The van der Waals surface area contributed by atoms with Gasteiger partial charge in [0.15, 0.2) is 11.5 Å². The Bertz CT molecular complexity index is 403. The van der Waals surface area contributed by atoms with Crippen molar-refractivity contribution in [2.45, 2.75) is 38.7 Å². The minimum Gasteiger partial charge on any atom is -0.493 e. The number of ether oxygens (including phenoxy) is 2. The topological polar surface area (TPSA) is 50.7 Å². The van der Waals surface area contributed by atoms with E-state index >= 15 is 0 Å². The lowest BCUT2D eigenvalue weighted by molar-refractivity contribution is 0.0328. The maximum absolute atomic E-state index is 10.2. The Morgan fingerprint density at radius 2 is 1.75 bits per heavy atom. The molecule has 0 heterocycles. The summed E-state index contributed by atoms with van der Waals surface area (Å²) in [6.45, 7) is 5.49. The number of rotatable bonds is 9. The molecule has 0 fully saturated rings. The average molecular weight is 281 g/mol. The molecule has 0 aromatic heterocycles. The van der Waals surface area contributed by atoms with Crippen molar-refractivity contribution in [1.29, 1.82) is 0 Å². The average Bonchev–Trinajstić information content (AvgIpc) is 2.51. The summed E-state index contributed by atoms with van der Waals surface area (Å²) in [5.41, 5.74) is 0.601. The second kappa shape index (κ2) is 8.12. The molecule has 0 aliphatic carbocycles. The van der Waals surface area contributed by atoms with Gasteiger partial charge in [0.2, 0.25) is 0 Å². The maximum Gasteiger partial charge on any atom is 0.160 e. The molecule has 20 heavy (non-hydrogen) atoms. The van der Waals surface area contributed by atoms with E-state index in [4.69, 9.17) is 9.47 Å². The first kappa shape index (κ1) is 16.8. The Kier molecular flexibility index (Phi) is 6.82. The summed E-state index contributed by atoms with van der Waals surface area (Å²) in [7, 11) is 3.28. The first-order chi connectivity index (χ1) is 9.58. The molecular weight excluding hydrogens is 254 g/mol. The minimum atomic E-state index is -0.586. The summed E-state index contributed by atoms with van der Waals surface area (Å²) in [5.74, 6) is 1.50. The molecule has 0 saturated heterocycles. The lowest BCUT2D eigenvalue weighted by Crippen LogP contribution is -2.40. The van der Waals surface area contributed by atoms with Gasteiger partial charge >= 0.3 is 0 Å². The molecule has 1 aromatic rings. The van der Waals surface area contributed by atoms with Gasteiger partial charge in [0, 0.05) is 6.54 Å². The fourth-order valence-corrected chi connectivity index (χ4v) is 2.09. The number of hydrogen-bond acceptors (Lipinski definition) is 4. The van der Waals surface area contributed by atoms with Crippen LogP contribution in [0.5, 0.6) is 11.5 Å². The first-order valence-electron chi connectivity index (χ1n) is 7.22. The van der Waals surface area contributed by atoms with Gasteiger partial charge in [0.25, 0.3) is 0 Å². The molecule has 0 aliphatic heterocycles. The van der Waals surface area contributed by atoms with E-state index in [0.29, 0.717) is 6.54 Å². The lowest BCUT2D eigenvalue weighted by Gasteiger charge is -2.25. The van der Waals surface area contributed by atoms with Crippen molar-refractivity contribution in [3.8, 4) is 11.5 Å². The summed E-state index contributed by atoms with van der Waals surface area (Å²) < 4.78 is 10.5. The van der Waals surface area contributed by atoms with Crippen LogP contribution in [0.1, 0.15) is 32.3 Å². The summed E-state index contributed by atoms with van der Waals surface area (Å²) in [4.78, 5) is 0. The van der Waals surface area contributed by atoms with Crippen molar-refractivity contribution < 1.29 is 14.6 Å². The standard InChI is InChI=1S/C16H27NO3/c1-5-16(18,6-2)12-17-10-9-13-7-8-14(19-3)15(11-13)20-4/h7-8,11,17-18H,5-6,9-10,12H2,1-4H3. The van der Waals surface area contributed by atoms with Gasteiger partial charge in [-0.3, -0.25) is 0 Å². The normalized spacial score (nSPS) is 11.4.